The monoisotopic (exact) mass is 118 g/mol. The molecule has 0 radical (unpaired) electrons. The summed E-state index contributed by atoms with van der Waals surface area (Å²) in [6.07, 6.45) is 1.01. The van der Waals surface area contributed by atoms with E-state index in [1.165, 1.54) is 0 Å². The second-order valence-corrected chi connectivity index (χ2v) is 1.75. The molecule has 0 spiro atoms. The van der Waals surface area contributed by atoms with E-state index in [0.717, 1.165) is 12.0 Å². The van der Waals surface area contributed by atoms with E-state index in [0.29, 0.717) is 6.61 Å². The maximum atomic E-state index is 4.71. The Hall–Kier alpha value is 0.130. The van der Waals surface area contributed by atoms with Crippen molar-refractivity contribution in [3.63, 3.8) is 0 Å². The first-order chi connectivity index (χ1) is 3.31. The van der Waals surface area contributed by atoms with Gasteiger partial charge in [-0.25, -0.2) is 0 Å². The lowest BCUT2D eigenvalue weighted by molar-refractivity contribution is 0.409. The molecule has 2 heteroatoms. The van der Waals surface area contributed by atoms with E-state index in [1.54, 1.807) is 0 Å². The zero-order chi connectivity index (χ0) is 5.70. The lowest BCUT2D eigenvalue weighted by atomic mass is 10.3. The predicted octanol–water partition coefficient (Wildman–Crippen LogP) is 1.76. The summed E-state index contributed by atoms with van der Waals surface area (Å²) in [5, 5.41) is 0. The molecule has 0 aromatic rings. The van der Waals surface area contributed by atoms with Crippen molar-refractivity contribution in [1.29, 1.82) is 0 Å². The van der Waals surface area contributed by atoms with Crippen LogP contribution in [0.25, 0.3) is 0 Å². The highest BCUT2D eigenvalue weighted by Gasteiger charge is 1.83. The van der Waals surface area contributed by atoms with E-state index in [2.05, 4.69) is 23.0 Å². The van der Waals surface area contributed by atoms with Gasteiger partial charge in [0, 0.05) is 9.47 Å². The molecule has 0 fully saturated rings. The summed E-state index contributed by atoms with van der Waals surface area (Å²) in [4.78, 5) is 0. The summed E-state index contributed by atoms with van der Waals surface area (Å²) in [6, 6.07) is 0. The molecule has 0 saturated heterocycles. The minimum absolute atomic E-state index is 0.668. The average molecular weight is 118 g/mol. The Morgan fingerprint density at radius 2 is 2.43 bits per heavy atom. The lowest BCUT2D eigenvalue weighted by Gasteiger charge is -1.95. The van der Waals surface area contributed by atoms with Gasteiger partial charge in [-0.05, 0) is 6.42 Å². The van der Waals surface area contributed by atoms with E-state index in [-0.39, 0.29) is 0 Å². The first-order valence-electron chi connectivity index (χ1n) is 2.29. The minimum Gasteiger partial charge on any atom is -0.361 e. The van der Waals surface area contributed by atoms with E-state index in [9.17, 15) is 0 Å². The Labute approximate surface area is 47.0 Å². The van der Waals surface area contributed by atoms with Crippen molar-refractivity contribution in [3.8, 4) is 0 Å². The van der Waals surface area contributed by atoms with E-state index in [1.807, 2.05) is 0 Å². The Morgan fingerprint density at radius 3 is 2.57 bits per heavy atom. The van der Waals surface area contributed by atoms with Crippen LogP contribution in [0.15, 0.2) is 12.2 Å². The van der Waals surface area contributed by atoms with Crippen LogP contribution < -0.4 is 0 Å². The smallest absolute Gasteiger partial charge is 0.0709 e. The molecule has 0 saturated carbocycles. The van der Waals surface area contributed by atoms with Crippen molar-refractivity contribution in [3.05, 3.63) is 12.2 Å². The maximum Gasteiger partial charge on any atom is 0.0709 e. The van der Waals surface area contributed by atoms with Gasteiger partial charge in [0.05, 0.1) is 6.61 Å². The molecule has 0 N–H and O–H groups in total. The van der Waals surface area contributed by atoms with E-state index < -0.39 is 0 Å². The Morgan fingerprint density at radius 1 is 1.86 bits per heavy atom. The molecule has 0 bridgehead atoms. The van der Waals surface area contributed by atoms with E-state index in [4.69, 9.17) is 4.52 Å². The van der Waals surface area contributed by atoms with Gasteiger partial charge in [-0.15, -0.1) is 0 Å². The van der Waals surface area contributed by atoms with Crippen LogP contribution in [-0.4, -0.2) is 6.61 Å². The topological polar surface area (TPSA) is 9.23 Å². The zero-order valence-corrected chi connectivity index (χ0v) is 5.76. The largest absolute Gasteiger partial charge is 0.361 e. The summed E-state index contributed by atoms with van der Waals surface area (Å²) < 4.78 is 4.71. The van der Waals surface area contributed by atoms with Gasteiger partial charge in [-0.1, -0.05) is 19.1 Å². The van der Waals surface area contributed by atoms with Crippen molar-refractivity contribution < 1.29 is 4.52 Å². The lowest BCUT2D eigenvalue weighted by Crippen LogP contribution is -1.84. The van der Waals surface area contributed by atoms with Gasteiger partial charge >= 0.3 is 0 Å². The molecule has 0 aromatic carbocycles. The fraction of sp³-hybridized carbons (Fsp3) is 0.600. The minimum atomic E-state index is 0.668. The normalized spacial score (nSPS) is 8.86. The summed E-state index contributed by atoms with van der Waals surface area (Å²) in [5.41, 5.74) is 1.13. The molecular formula is C5H11OP. The highest BCUT2D eigenvalue weighted by Crippen LogP contribution is 1.98. The van der Waals surface area contributed by atoms with Crippen LogP contribution >= 0.6 is 9.47 Å². The van der Waals surface area contributed by atoms with Gasteiger partial charge in [-0.2, -0.15) is 0 Å². The highest BCUT2D eigenvalue weighted by atomic mass is 31.0. The van der Waals surface area contributed by atoms with Crippen LogP contribution in [0.3, 0.4) is 0 Å². The number of rotatable bonds is 3. The van der Waals surface area contributed by atoms with Crippen LogP contribution in [0.2, 0.25) is 0 Å². The summed E-state index contributed by atoms with van der Waals surface area (Å²) in [5.74, 6) is 0. The third-order valence-electron chi connectivity index (χ3n) is 0.787. The zero-order valence-electron chi connectivity index (χ0n) is 4.61. The standard InChI is InChI=1S/C5H11OP/c1-3-5(2)4-6-7/h2-4,7H2,1H3. The van der Waals surface area contributed by atoms with Crippen molar-refractivity contribution in [2.24, 2.45) is 0 Å². The number of hydrogen-bond donors (Lipinski definition) is 0. The summed E-state index contributed by atoms with van der Waals surface area (Å²) >= 11 is 0. The Bertz CT molecular complexity index is 61.1. The molecule has 42 valence electrons. The SMILES string of the molecule is C=C(CC)COP. The van der Waals surface area contributed by atoms with Crippen molar-refractivity contribution >= 4 is 9.47 Å². The van der Waals surface area contributed by atoms with Crippen LogP contribution in [-0.2, 0) is 4.52 Å². The van der Waals surface area contributed by atoms with Crippen molar-refractivity contribution in [1.82, 2.24) is 0 Å². The molecule has 0 aliphatic rings. The average Bonchev–Trinajstić information content (AvgIpc) is 1.68. The highest BCUT2D eigenvalue weighted by molar-refractivity contribution is 7.09. The summed E-state index contributed by atoms with van der Waals surface area (Å²) in [7, 11) is 2.19. The van der Waals surface area contributed by atoms with Gasteiger partial charge in [0.2, 0.25) is 0 Å². The molecule has 7 heavy (non-hydrogen) atoms. The second kappa shape index (κ2) is 4.29. The predicted molar refractivity (Wildman–Crippen MR) is 35.1 cm³/mol. The molecule has 1 atom stereocenters. The van der Waals surface area contributed by atoms with Gasteiger partial charge in [0.1, 0.15) is 0 Å². The van der Waals surface area contributed by atoms with Crippen LogP contribution in [0, 0.1) is 0 Å². The summed E-state index contributed by atoms with van der Waals surface area (Å²) in [6.45, 7) is 6.45. The van der Waals surface area contributed by atoms with Crippen molar-refractivity contribution in [2.75, 3.05) is 6.61 Å². The molecule has 0 aliphatic heterocycles. The van der Waals surface area contributed by atoms with Gasteiger partial charge in [-0.3, -0.25) is 0 Å². The van der Waals surface area contributed by atoms with E-state index >= 15 is 0 Å². The molecule has 0 amide bonds. The second-order valence-electron chi connectivity index (χ2n) is 1.41. The van der Waals surface area contributed by atoms with Crippen LogP contribution in [0.4, 0.5) is 0 Å². The Kier molecular flexibility index (Phi) is 4.37. The number of hydrogen-bond acceptors (Lipinski definition) is 1. The van der Waals surface area contributed by atoms with Crippen LogP contribution in [0.1, 0.15) is 13.3 Å². The molecule has 0 aliphatic carbocycles. The fourth-order valence-corrected chi connectivity index (χ4v) is 0.456. The Balaban J connectivity index is 3.00. The molecular weight excluding hydrogens is 107 g/mol. The fourth-order valence-electron chi connectivity index (χ4n) is 0.220. The molecule has 1 unspecified atom stereocenters. The molecule has 1 nitrogen and oxygen atoms in total. The quantitative estimate of drug-likeness (QED) is 0.405. The maximum absolute atomic E-state index is 4.71. The van der Waals surface area contributed by atoms with Gasteiger partial charge in [0.15, 0.2) is 0 Å². The van der Waals surface area contributed by atoms with Gasteiger partial charge in [0.25, 0.3) is 0 Å². The first-order valence-corrected chi connectivity index (χ1v) is 2.76. The third kappa shape index (κ3) is 3.97. The molecule has 0 aromatic heterocycles. The van der Waals surface area contributed by atoms with Crippen LogP contribution in [0.5, 0.6) is 0 Å². The molecule has 0 rings (SSSR count). The first kappa shape index (κ1) is 7.13. The third-order valence-corrected chi connectivity index (χ3v) is 0.954. The molecule has 0 heterocycles. The van der Waals surface area contributed by atoms with Gasteiger partial charge < -0.3 is 4.52 Å². The van der Waals surface area contributed by atoms with Crippen molar-refractivity contribution in [2.45, 2.75) is 13.3 Å².